The topological polar surface area (TPSA) is 47.8 Å². The molecule has 0 amide bonds. The molecule has 24 heavy (non-hydrogen) atoms. The lowest BCUT2D eigenvalue weighted by molar-refractivity contribution is 0.590. The van der Waals surface area contributed by atoms with E-state index in [1.54, 1.807) is 29.2 Å². The lowest BCUT2D eigenvalue weighted by atomic mass is 10.1. The third kappa shape index (κ3) is 3.20. The number of aromatic nitrogens is 3. The Morgan fingerprint density at radius 3 is 2.62 bits per heavy atom. The van der Waals surface area contributed by atoms with Gasteiger partial charge in [-0.2, -0.15) is 0 Å². The predicted molar refractivity (Wildman–Crippen MR) is 93.5 cm³/mol. The molecule has 0 radical (unpaired) electrons. The molecule has 2 aromatic heterocycles. The number of halogens is 1. The minimum atomic E-state index is -0.477. The van der Waals surface area contributed by atoms with Gasteiger partial charge < -0.3 is 4.57 Å². The first-order chi connectivity index (χ1) is 11.6. The summed E-state index contributed by atoms with van der Waals surface area (Å²) in [4.78, 5) is 20.9. The molecule has 1 aromatic carbocycles. The number of rotatable bonds is 5. The number of hydrogen-bond acceptors (Lipinski definition) is 3. The van der Waals surface area contributed by atoms with E-state index in [-0.39, 0.29) is 5.56 Å². The number of pyridine rings is 1. The number of benzene rings is 1. The van der Waals surface area contributed by atoms with Gasteiger partial charge in [0.1, 0.15) is 5.82 Å². The zero-order valence-electron chi connectivity index (χ0n) is 13.9. The van der Waals surface area contributed by atoms with Gasteiger partial charge in [0, 0.05) is 25.1 Å². The van der Waals surface area contributed by atoms with Gasteiger partial charge in [0.15, 0.2) is 5.82 Å². The van der Waals surface area contributed by atoms with Crippen molar-refractivity contribution in [1.82, 2.24) is 14.5 Å². The van der Waals surface area contributed by atoms with Gasteiger partial charge in [0.25, 0.3) is 5.56 Å². The highest BCUT2D eigenvalue weighted by Crippen LogP contribution is 2.24. The summed E-state index contributed by atoms with van der Waals surface area (Å²) in [7, 11) is 0. The molecule has 0 N–H and O–H groups in total. The highest BCUT2D eigenvalue weighted by Gasteiger charge is 2.12. The molecular formula is C19H20FN3O. The molecule has 0 atom stereocenters. The second-order valence-corrected chi connectivity index (χ2v) is 6.02. The molecule has 0 saturated carbocycles. The molecule has 0 spiro atoms. The van der Waals surface area contributed by atoms with Gasteiger partial charge in [-0.25, -0.2) is 14.4 Å². The number of aryl methyl sites for hydroxylation is 2. The van der Waals surface area contributed by atoms with E-state index in [4.69, 9.17) is 0 Å². The fourth-order valence-corrected chi connectivity index (χ4v) is 2.72. The van der Waals surface area contributed by atoms with Gasteiger partial charge in [-0.1, -0.05) is 19.8 Å². The van der Waals surface area contributed by atoms with Crippen molar-refractivity contribution in [2.24, 2.45) is 0 Å². The summed E-state index contributed by atoms with van der Waals surface area (Å²) in [5, 5.41) is 1.09. The molecule has 2 heterocycles. The Labute approximate surface area is 140 Å². The zero-order chi connectivity index (χ0) is 17.1. The summed E-state index contributed by atoms with van der Waals surface area (Å²) < 4.78 is 16.1. The summed E-state index contributed by atoms with van der Waals surface area (Å²) in [5.74, 6) is -0.151. The van der Waals surface area contributed by atoms with Crippen LogP contribution in [0, 0.1) is 12.7 Å². The van der Waals surface area contributed by atoms with E-state index in [1.807, 2.05) is 13.0 Å². The first-order valence-electron chi connectivity index (χ1n) is 8.22. The molecule has 4 nitrogen and oxygen atoms in total. The van der Waals surface area contributed by atoms with E-state index in [2.05, 4.69) is 16.9 Å². The maximum atomic E-state index is 14.5. The van der Waals surface area contributed by atoms with Crippen molar-refractivity contribution in [2.75, 3.05) is 0 Å². The molecule has 5 heteroatoms. The number of unbranched alkanes of at least 4 members (excludes halogenated alkanes) is 2. The number of hydrogen-bond donors (Lipinski definition) is 0. The normalized spacial score (nSPS) is 11.1. The molecule has 124 valence electrons. The fourth-order valence-electron chi connectivity index (χ4n) is 2.72. The quantitative estimate of drug-likeness (QED) is 0.664. The van der Waals surface area contributed by atoms with Crippen LogP contribution in [0.3, 0.4) is 0 Å². The first kappa shape index (κ1) is 16.3. The van der Waals surface area contributed by atoms with Crippen LogP contribution in [-0.4, -0.2) is 14.5 Å². The van der Waals surface area contributed by atoms with E-state index < -0.39 is 5.82 Å². The lowest BCUT2D eigenvalue weighted by Gasteiger charge is -2.09. The van der Waals surface area contributed by atoms with Crippen LogP contribution in [0.5, 0.6) is 0 Å². The van der Waals surface area contributed by atoms with Crippen molar-refractivity contribution in [3.05, 3.63) is 58.5 Å². The van der Waals surface area contributed by atoms with Crippen molar-refractivity contribution in [1.29, 1.82) is 0 Å². The summed E-state index contributed by atoms with van der Waals surface area (Å²) >= 11 is 0. The largest absolute Gasteiger partial charge is 0.315 e. The summed E-state index contributed by atoms with van der Waals surface area (Å²) in [5.41, 5.74) is 1.07. The van der Waals surface area contributed by atoms with Gasteiger partial charge in [-0.05, 0) is 42.5 Å². The molecule has 0 aliphatic carbocycles. The van der Waals surface area contributed by atoms with Crippen LogP contribution in [0.15, 0.2) is 41.6 Å². The van der Waals surface area contributed by atoms with Crippen LogP contribution in [0.4, 0.5) is 4.39 Å². The maximum Gasteiger partial charge on any atom is 0.258 e. The molecule has 0 aliphatic rings. The minimum Gasteiger partial charge on any atom is -0.315 e. The Morgan fingerprint density at radius 1 is 1.17 bits per heavy atom. The highest BCUT2D eigenvalue weighted by molar-refractivity contribution is 5.85. The zero-order valence-corrected chi connectivity index (χ0v) is 13.9. The van der Waals surface area contributed by atoms with Crippen molar-refractivity contribution >= 4 is 10.8 Å². The summed E-state index contributed by atoms with van der Waals surface area (Å²) in [6, 6.07) is 4.79. The van der Waals surface area contributed by atoms with Crippen LogP contribution in [0.25, 0.3) is 22.2 Å². The maximum absolute atomic E-state index is 14.5. The van der Waals surface area contributed by atoms with Gasteiger partial charge in [-0.3, -0.25) is 4.79 Å². The Balaban J connectivity index is 2.04. The van der Waals surface area contributed by atoms with Gasteiger partial charge >= 0.3 is 0 Å². The Hall–Kier alpha value is -2.56. The molecule has 3 rings (SSSR count). The van der Waals surface area contributed by atoms with Crippen molar-refractivity contribution in [3.63, 3.8) is 0 Å². The van der Waals surface area contributed by atoms with Crippen LogP contribution >= 0.6 is 0 Å². The Bertz CT molecular complexity index is 916. The Morgan fingerprint density at radius 2 is 1.92 bits per heavy atom. The second-order valence-electron chi connectivity index (χ2n) is 6.02. The third-order valence-corrected chi connectivity index (χ3v) is 4.09. The van der Waals surface area contributed by atoms with E-state index in [0.29, 0.717) is 28.7 Å². The molecule has 3 aromatic rings. The van der Waals surface area contributed by atoms with Gasteiger partial charge in [0.2, 0.25) is 0 Å². The van der Waals surface area contributed by atoms with E-state index in [0.717, 1.165) is 24.8 Å². The average molecular weight is 325 g/mol. The average Bonchev–Trinajstić information content (AvgIpc) is 2.58. The van der Waals surface area contributed by atoms with Crippen molar-refractivity contribution < 1.29 is 4.39 Å². The van der Waals surface area contributed by atoms with Crippen LogP contribution in [-0.2, 0) is 6.54 Å². The standard InChI is InChI=1S/C19H20FN3O/c1-3-4-5-7-23-8-6-14-9-16(17(20)10-15(14)19(23)24)18-21-11-13(2)12-22-18/h6,8-12H,3-5,7H2,1-2H3. The smallest absolute Gasteiger partial charge is 0.258 e. The molecular weight excluding hydrogens is 305 g/mol. The van der Waals surface area contributed by atoms with Crippen LogP contribution in [0.1, 0.15) is 31.7 Å². The molecule has 0 fully saturated rings. The number of nitrogens with zero attached hydrogens (tertiary/aromatic N) is 3. The third-order valence-electron chi connectivity index (χ3n) is 4.09. The van der Waals surface area contributed by atoms with Gasteiger partial charge in [0.05, 0.1) is 10.9 Å². The first-order valence-corrected chi connectivity index (χ1v) is 8.22. The predicted octanol–water partition coefficient (Wildman–Crippen LogP) is 4.10. The number of fused-ring (bicyclic) bond motifs is 1. The second kappa shape index (κ2) is 6.91. The minimum absolute atomic E-state index is 0.154. The SMILES string of the molecule is CCCCCn1ccc2cc(-c3ncc(C)cn3)c(F)cc2c1=O. The molecule has 0 unspecified atom stereocenters. The van der Waals surface area contributed by atoms with E-state index in [9.17, 15) is 9.18 Å². The highest BCUT2D eigenvalue weighted by atomic mass is 19.1. The van der Waals surface area contributed by atoms with Crippen molar-refractivity contribution in [3.8, 4) is 11.4 Å². The fraction of sp³-hybridized carbons (Fsp3) is 0.316. The molecule has 0 saturated heterocycles. The molecule has 0 bridgehead atoms. The van der Waals surface area contributed by atoms with Crippen LogP contribution in [0.2, 0.25) is 0 Å². The van der Waals surface area contributed by atoms with Gasteiger partial charge in [-0.15, -0.1) is 0 Å². The monoisotopic (exact) mass is 325 g/mol. The summed E-state index contributed by atoms with van der Waals surface area (Å²) in [6.07, 6.45) is 8.19. The molecule has 0 aliphatic heterocycles. The lowest BCUT2D eigenvalue weighted by Crippen LogP contribution is -2.19. The van der Waals surface area contributed by atoms with Crippen LogP contribution < -0.4 is 5.56 Å². The van der Waals surface area contributed by atoms with E-state index in [1.165, 1.54) is 6.07 Å². The summed E-state index contributed by atoms with van der Waals surface area (Å²) in [6.45, 7) is 4.65. The van der Waals surface area contributed by atoms with E-state index >= 15 is 0 Å². The Kier molecular flexibility index (Phi) is 4.69. The van der Waals surface area contributed by atoms with Crippen molar-refractivity contribution in [2.45, 2.75) is 39.7 Å².